The standard InChI is InChI=1S/C19H29NO3/c1-3-5-8-18(15-9-11-17(12-10-15)23-4-2)20-13-6-7-16(14-20)19(21)22/h9-12,16,18H,3-8,13-14H2,1-2H3,(H,21,22). The molecule has 1 heterocycles. The molecule has 0 amide bonds. The lowest BCUT2D eigenvalue weighted by atomic mass is 9.92. The molecular formula is C19H29NO3. The zero-order valence-corrected chi connectivity index (χ0v) is 14.3. The highest BCUT2D eigenvalue weighted by Gasteiger charge is 2.30. The Balaban J connectivity index is 2.13. The zero-order chi connectivity index (χ0) is 16.7. The lowest BCUT2D eigenvalue weighted by Crippen LogP contribution is -2.40. The molecule has 2 unspecified atom stereocenters. The first-order valence-electron chi connectivity index (χ1n) is 8.85. The van der Waals surface area contributed by atoms with E-state index in [0.29, 0.717) is 19.2 Å². The summed E-state index contributed by atoms with van der Waals surface area (Å²) in [5.41, 5.74) is 1.27. The number of hydrogen-bond donors (Lipinski definition) is 1. The number of aliphatic carboxylic acids is 1. The molecule has 1 saturated heterocycles. The number of carboxylic acids is 1. The average Bonchev–Trinajstić information content (AvgIpc) is 2.57. The second-order valence-electron chi connectivity index (χ2n) is 6.33. The fourth-order valence-electron chi connectivity index (χ4n) is 3.40. The van der Waals surface area contributed by atoms with Crippen LogP contribution in [0.4, 0.5) is 0 Å². The third-order valence-electron chi connectivity index (χ3n) is 4.65. The second-order valence-corrected chi connectivity index (χ2v) is 6.33. The molecule has 1 N–H and O–H groups in total. The highest BCUT2D eigenvalue weighted by molar-refractivity contribution is 5.70. The zero-order valence-electron chi connectivity index (χ0n) is 14.3. The molecule has 1 aliphatic heterocycles. The average molecular weight is 319 g/mol. The van der Waals surface area contributed by atoms with Gasteiger partial charge in [0.05, 0.1) is 12.5 Å². The van der Waals surface area contributed by atoms with Crippen molar-refractivity contribution in [2.45, 2.75) is 52.0 Å². The molecule has 2 atom stereocenters. The normalized spacial score (nSPS) is 20.2. The number of carbonyl (C=O) groups is 1. The molecule has 1 fully saturated rings. The van der Waals surface area contributed by atoms with Gasteiger partial charge in [-0.05, 0) is 50.4 Å². The van der Waals surface area contributed by atoms with Crippen LogP contribution in [0.1, 0.15) is 57.6 Å². The van der Waals surface area contributed by atoms with Crippen LogP contribution in [0, 0.1) is 5.92 Å². The number of carboxylic acid groups (broad SMARTS) is 1. The third kappa shape index (κ3) is 4.96. The van der Waals surface area contributed by atoms with E-state index >= 15 is 0 Å². The van der Waals surface area contributed by atoms with E-state index in [4.69, 9.17) is 4.74 Å². The Morgan fingerprint density at radius 1 is 1.35 bits per heavy atom. The summed E-state index contributed by atoms with van der Waals surface area (Å²) in [5.74, 6) is 0.0127. The van der Waals surface area contributed by atoms with Crippen LogP contribution in [0.2, 0.25) is 0 Å². The molecule has 0 aromatic heterocycles. The summed E-state index contributed by atoms with van der Waals surface area (Å²) < 4.78 is 5.52. The van der Waals surface area contributed by atoms with Gasteiger partial charge in [-0.25, -0.2) is 0 Å². The molecule has 1 aromatic rings. The highest BCUT2D eigenvalue weighted by atomic mass is 16.5. The van der Waals surface area contributed by atoms with E-state index in [1.807, 2.05) is 19.1 Å². The number of piperidine rings is 1. The van der Waals surface area contributed by atoms with Crippen LogP contribution < -0.4 is 4.74 Å². The van der Waals surface area contributed by atoms with Gasteiger partial charge in [-0.3, -0.25) is 9.69 Å². The molecule has 0 radical (unpaired) electrons. The predicted molar refractivity (Wildman–Crippen MR) is 91.8 cm³/mol. The number of unbranched alkanes of at least 4 members (excludes halogenated alkanes) is 1. The van der Waals surface area contributed by atoms with Gasteiger partial charge in [-0.1, -0.05) is 31.9 Å². The van der Waals surface area contributed by atoms with Crippen LogP contribution in [0.3, 0.4) is 0 Å². The molecule has 1 aromatic carbocycles. The SMILES string of the molecule is CCCCC(c1ccc(OCC)cc1)N1CCCC(C(=O)O)C1. The van der Waals surface area contributed by atoms with Crippen molar-refractivity contribution in [2.24, 2.45) is 5.92 Å². The topological polar surface area (TPSA) is 49.8 Å². The van der Waals surface area contributed by atoms with Gasteiger partial charge in [0.15, 0.2) is 0 Å². The Bertz CT molecular complexity index is 486. The predicted octanol–water partition coefficient (Wildman–Crippen LogP) is 4.11. The van der Waals surface area contributed by atoms with Gasteiger partial charge in [0.25, 0.3) is 0 Å². The molecule has 0 aliphatic carbocycles. The molecule has 0 bridgehead atoms. The van der Waals surface area contributed by atoms with Gasteiger partial charge in [-0.15, -0.1) is 0 Å². The van der Waals surface area contributed by atoms with Crippen molar-refractivity contribution in [1.29, 1.82) is 0 Å². The number of benzene rings is 1. The Kier molecular flexibility index (Phi) is 6.90. The van der Waals surface area contributed by atoms with Crippen molar-refractivity contribution in [3.8, 4) is 5.75 Å². The van der Waals surface area contributed by atoms with E-state index in [0.717, 1.165) is 44.4 Å². The van der Waals surface area contributed by atoms with Crippen LogP contribution in [0.5, 0.6) is 5.75 Å². The summed E-state index contributed by atoms with van der Waals surface area (Å²) in [5, 5.41) is 9.34. The molecule has 23 heavy (non-hydrogen) atoms. The van der Waals surface area contributed by atoms with Crippen LogP contribution in [-0.4, -0.2) is 35.7 Å². The van der Waals surface area contributed by atoms with Crippen molar-refractivity contribution < 1.29 is 14.6 Å². The molecule has 0 spiro atoms. The van der Waals surface area contributed by atoms with Crippen molar-refractivity contribution in [3.05, 3.63) is 29.8 Å². The second kappa shape index (κ2) is 8.92. The van der Waals surface area contributed by atoms with E-state index < -0.39 is 5.97 Å². The maximum absolute atomic E-state index is 11.3. The first kappa shape index (κ1) is 17.8. The molecule has 1 aliphatic rings. The molecular weight excluding hydrogens is 290 g/mol. The summed E-state index contributed by atoms with van der Waals surface area (Å²) in [4.78, 5) is 13.7. The Labute approximate surface area is 139 Å². The molecule has 4 heteroatoms. The monoisotopic (exact) mass is 319 g/mol. The van der Waals surface area contributed by atoms with E-state index in [1.54, 1.807) is 0 Å². The van der Waals surface area contributed by atoms with Crippen LogP contribution in [0.25, 0.3) is 0 Å². The lowest BCUT2D eigenvalue weighted by molar-refractivity contribution is -0.144. The van der Waals surface area contributed by atoms with Gasteiger partial charge in [0, 0.05) is 12.6 Å². The van der Waals surface area contributed by atoms with Crippen molar-refractivity contribution >= 4 is 5.97 Å². The molecule has 128 valence electrons. The van der Waals surface area contributed by atoms with Crippen LogP contribution >= 0.6 is 0 Å². The summed E-state index contributed by atoms with van der Waals surface area (Å²) in [6.07, 6.45) is 5.17. The third-order valence-corrected chi connectivity index (χ3v) is 4.65. The van der Waals surface area contributed by atoms with Gasteiger partial charge in [0.1, 0.15) is 5.75 Å². The Hall–Kier alpha value is -1.55. The van der Waals surface area contributed by atoms with Gasteiger partial charge in [0.2, 0.25) is 0 Å². The Morgan fingerprint density at radius 3 is 2.70 bits per heavy atom. The van der Waals surface area contributed by atoms with Gasteiger partial charge in [-0.2, -0.15) is 0 Å². The minimum atomic E-state index is -0.657. The minimum Gasteiger partial charge on any atom is -0.494 e. The molecule has 0 saturated carbocycles. The van der Waals surface area contributed by atoms with Crippen LogP contribution in [-0.2, 0) is 4.79 Å². The smallest absolute Gasteiger partial charge is 0.307 e. The van der Waals surface area contributed by atoms with Crippen molar-refractivity contribution in [1.82, 2.24) is 4.90 Å². The fraction of sp³-hybridized carbons (Fsp3) is 0.632. The minimum absolute atomic E-state index is 0.226. The molecule has 4 nitrogen and oxygen atoms in total. The first-order valence-corrected chi connectivity index (χ1v) is 8.85. The number of likely N-dealkylation sites (tertiary alicyclic amines) is 1. The van der Waals surface area contributed by atoms with Crippen LogP contribution in [0.15, 0.2) is 24.3 Å². The number of rotatable bonds is 8. The van der Waals surface area contributed by atoms with Crippen molar-refractivity contribution in [3.63, 3.8) is 0 Å². The van der Waals surface area contributed by atoms with E-state index in [2.05, 4.69) is 24.0 Å². The summed E-state index contributed by atoms with van der Waals surface area (Å²) in [6.45, 7) is 6.51. The Morgan fingerprint density at radius 2 is 2.09 bits per heavy atom. The van der Waals surface area contributed by atoms with E-state index in [-0.39, 0.29) is 5.92 Å². The number of ether oxygens (including phenoxy) is 1. The van der Waals surface area contributed by atoms with Gasteiger partial charge < -0.3 is 9.84 Å². The maximum atomic E-state index is 11.3. The quantitative estimate of drug-likeness (QED) is 0.783. The largest absolute Gasteiger partial charge is 0.494 e. The summed E-state index contributed by atoms with van der Waals surface area (Å²) in [7, 11) is 0. The first-order chi connectivity index (χ1) is 11.2. The number of hydrogen-bond acceptors (Lipinski definition) is 3. The van der Waals surface area contributed by atoms with Crippen molar-refractivity contribution in [2.75, 3.05) is 19.7 Å². The fourth-order valence-corrected chi connectivity index (χ4v) is 3.40. The lowest BCUT2D eigenvalue weighted by Gasteiger charge is -2.37. The maximum Gasteiger partial charge on any atom is 0.307 e. The summed E-state index contributed by atoms with van der Waals surface area (Å²) >= 11 is 0. The van der Waals surface area contributed by atoms with E-state index in [9.17, 15) is 9.90 Å². The number of nitrogens with zero attached hydrogens (tertiary/aromatic N) is 1. The van der Waals surface area contributed by atoms with Gasteiger partial charge >= 0.3 is 5.97 Å². The van der Waals surface area contributed by atoms with E-state index in [1.165, 1.54) is 5.56 Å². The molecule has 2 rings (SSSR count). The highest BCUT2D eigenvalue weighted by Crippen LogP contribution is 2.31. The summed E-state index contributed by atoms with van der Waals surface area (Å²) in [6, 6.07) is 8.63.